The molecule has 12 heteroatoms. The van der Waals surface area contributed by atoms with Crippen LogP contribution in [-0.2, 0) is 26.2 Å². The van der Waals surface area contributed by atoms with Gasteiger partial charge in [-0.2, -0.15) is 0 Å². The number of sulfonamides is 1. The monoisotopic (exact) mass is 667 g/mol. The van der Waals surface area contributed by atoms with Gasteiger partial charge in [0.25, 0.3) is 10.0 Å². The van der Waals surface area contributed by atoms with Crippen LogP contribution in [0.2, 0.25) is 15.1 Å². The lowest BCUT2D eigenvalue weighted by molar-refractivity contribution is -0.140. The molecule has 0 saturated carbocycles. The number of carbonyl (C=O) groups is 2. The minimum atomic E-state index is -4.32. The maximum Gasteiger partial charge on any atom is 0.264 e. The first-order valence-corrected chi connectivity index (χ1v) is 16.4. The summed E-state index contributed by atoms with van der Waals surface area (Å²) in [6, 6.07) is 14.6. The number of hydrogen-bond donors (Lipinski definition) is 1. The van der Waals surface area contributed by atoms with Gasteiger partial charge in [0.05, 0.1) is 17.7 Å². The van der Waals surface area contributed by atoms with Gasteiger partial charge >= 0.3 is 0 Å². The Bertz CT molecular complexity index is 1530. The van der Waals surface area contributed by atoms with Crippen molar-refractivity contribution in [3.63, 3.8) is 0 Å². The average molecular weight is 669 g/mol. The Morgan fingerprint density at radius 2 is 1.58 bits per heavy atom. The SMILES string of the molecule is CC[C@H](C(=O)N[C@@H](C)CC)N(Cc1c(Cl)cccc1Cl)C(=O)CN(c1cc(Cl)ccc1OC)S(=O)(=O)c1ccc(C)cc1. The van der Waals surface area contributed by atoms with E-state index >= 15 is 0 Å². The van der Waals surface area contributed by atoms with Crippen LogP contribution in [0.25, 0.3) is 0 Å². The highest BCUT2D eigenvalue weighted by Crippen LogP contribution is 2.35. The van der Waals surface area contributed by atoms with Gasteiger partial charge in [-0.3, -0.25) is 13.9 Å². The summed E-state index contributed by atoms with van der Waals surface area (Å²) in [5.41, 5.74) is 1.36. The third kappa shape index (κ3) is 8.35. The number of methoxy groups -OCH3 is 1. The van der Waals surface area contributed by atoms with Crippen LogP contribution in [0.1, 0.15) is 44.7 Å². The standard InChI is InChI=1S/C31H36Cl3N3O5S/c1-6-21(4)35-31(39)27(7-2)36(18-24-25(33)9-8-10-26(24)34)30(38)19-37(28-17-22(32)13-16-29(28)42-5)43(40,41)23-14-11-20(3)12-15-23/h8-17,21,27H,6-7,18-19H2,1-5H3,(H,35,39)/t21-,27+/m0/s1. The summed E-state index contributed by atoms with van der Waals surface area (Å²) in [4.78, 5) is 29.1. The van der Waals surface area contributed by atoms with E-state index in [0.717, 1.165) is 9.87 Å². The lowest BCUT2D eigenvalue weighted by atomic mass is 10.1. The third-order valence-electron chi connectivity index (χ3n) is 7.07. The summed E-state index contributed by atoms with van der Waals surface area (Å²) in [7, 11) is -2.93. The predicted octanol–water partition coefficient (Wildman–Crippen LogP) is 6.88. The topological polar surface area (TPSA) is 96.0 Å². The molecule has 0 saturated heterocycles. The van der Waals surface area contributed by atoms with Gasteiger partial charge < -0.3 is 15.0 Å². The molecular weight excluding hydrogens is 633 g/mol. The molecule has 3 rings (SSSR count). The summed E-state index contributed by atoms with van der Waals surface area (Å²) in [5, 5.41) is 3.79. The molecule has 43 heavy (non-hydrogen) atoms. The highest BCUT2D eigenvalue weighted by molar-refractivity contribution is 7.92. The van der Waals surface area contributed by atoms with E-state index in [1.54, 1.807) is 43.3 Å². The lowest BCUT2D eigenvalue weighted by Crippen LogP contribution is -2.53. The number of nitrogens with zero attached hydrogens (tertiary/aromatic N) is 2. The van der Waals surface area contributed by atoms with Crippen LogP contribution in [-0.4, -0.2) is 50.9 Å². The molecule has 0 aliphatic rings. The van der Waals surface area contributed by atoms with Crippen molar-refractivity contribution in [1.29, 1.82) is 0 Å². The van der Waals surface area contributed by atoms with Crippen LogP contribution in [0.4, 0.5) is 5.69 Å². The first kappa shape index (κ1) is 34.5. The number of anilines is 1. The van der Waals surface area contributed by atoms with Gasteiger partial charge in [0.2, 0.25) is 11.8 Å². The summed E-state index contributed by atoms with van der Waals surface area (Å²) in [5.74, 6) is -0.836. The van der Waals surface area contributed by atoms with Crippen molar-refractivity contribution in [2.45, 2.75) is 64.1 Å². The van der Waals surface area contributed by atoms with E-state index in [9.17, 15) is 18.0 Å². The fourth-order valence-electron chi connectivity index (χ4n) is 4.42. The van der Waals surface area contributed by atoms with Crippen LogP contribution < -0.4 is 14.4 Å². The number of aryl methyl sites for hydroxylation is 1. The number of carbonyl (C=O) groups excluding carboxylic acids is 2. The molecule has 0 fully saturated rings. The van der Waals surface area contributed by atoms with Crippen molar-refractivity contribution in [2.24, 2.45) is 0 Å². The Labute approximate surface area is 268 Å². The highest BCUT2D eigenvalue weighted by atomic mass is 35.5. The lowest BCUT2D eigenvalue weighted by Gasteiger charge is -2.34. The Morgan fingerprint density at radius 1 is 0.953 bits per heavy atom. The number of halogens is 3. The molecule has 0 aliphatic carbocycles. The molecule has 0 spiro atoms. The maximum atomic E-state index is 14.3. The van der Waals surface area contributed by atoms with Gasteiger partial charge in [0, 0.05) is 33.2 Å². The highest BCUT2D eigenvalue weighted by Gasteiger charge is 2.35. The minimum Gasteiger partial charge on any atom is -0.495 e. The largest absolute Gasteiger partial charge is 0.495 e. The second kappa shape index (κ2) is 15.1. The summed E-state index contributed by atoms with van der Waals surface area (Å²) < 4.78 is 34.7. The molecular formula is C31H36Cl3N3O5S. The van der Waals surface area contributed by atoms with E-state index in [4.69, 9.17) is 39.5 Å². The van der Waals surface area contributed by atoms with Crippen LogP contribution >= 0.6 is 34.8 Å². The van der Waals surface area contributed by atoms with E-state index in [2.05, 4.69) is 5.32 Å². The molecule has 0 aliphatic heterocycles. The second-order valence-corrected chi connectivity index (χ2v) is 13.2. The molecule has 3 aromatic carbocycles. The van der Waals surface area contributed by atoms with Crippen LogP contribution in [0.5, 0.6) is 5.75 Å². The van der Waals surface area contributed by atoms with Gasteiger partial charge in [-0.15, -0.1) is 0 Å². The van der Waals surface area contributed by atoms with Crippen LogP contribution in [0.3, 0.4) is 0 Å². The molecule has 2 atom stereocenters. The summed E-state index contributed by atoms with van der Waals surface area (Å²) >= 11 is 19.3. The van der Waals surface area contributed by atoms with Gasteiger partial charge in [0.15, 0.2) is 0 Å². The number of benzene rings is 3. The molecule has 8 nitrogen and oxygen atoms in total. The van der Waals surface area contributed by atoms with Crippen molar-refractivity contribution < 1.29 is 22.7 Å². The number of rotatable bonds is 13. The number of hydrogen-bond acceptors (Lipinski definition) is 5. The zero-order chi connectivity index (χ0) is 31.9. The smallest absolute Gasteiger partial charge is 0.264 e. The second-order valence-electron chi connectivity index (χ2n) is 10.1. The van der Waals surface area contributed by atoms with E-state index in [1.165, 1.54) is 36.3 Å². The molecule has 0 radical (unpaired) electrons. The van der Waals surface area contributed by atoms with Crippen molar-refractivity contribution >= 4 is 62.3 Å². The van der Waals surface area contributed by atoms with Crippen molar-refractivity contribution in [1.82, 2.24) is 10.2 Å². The average Bonchev–Trinajstić information content (AvgIpc) is 2.97. The van der Waals surface area contributed by atoms with Gasteiger partial charge in [-0.1, -0.05) is 72.4 Å². The van der Waals surface area contributed by atoms with Crippen molar-refractivity contribution in [2.75, 3.05) is 18.0 Å². The molecule has 3 aromatic rings. The van der Waals surface area contributed by atoms with Gasteiger partial charge in [0.1, 0.15) is 18.3 Å². The van der Waals surface area contributed by atoms with E-state index in [1.807, 2.05) is 20.8 Å². The summed E-state index contributed by atoms with van der Waals surface area (Å²) in [6.07, 6.45) is 0.935. The quantitative estimate of drug-likeness (QED) is 0.214. The number of amides is 2. The van der Waals surface area contributed by atoms with E-state index < -0.39 is 28.5 Å². The van der Waals surface area contributed by atoms with Gasteiger partial charge in [-0.25, -0.2) is 8.42 Å². The van der Waals surface area contributed by atoms with E-state index in [0.29, 0.717) is 22.0 Å². The third-order valence-corrected chi connectivity index (χ3v) is 9.79. The number of nitrogens with one attached hydrogen (secondary N) is 1. The van der Waals surface area contributed by atoms with Crippen LogP contribution in [0, 0.1) is 6.92 Å². The zero-order valence-electron chi connectivity index (χ0n) is 24.7. The number of ether oxygens (including phenoxy) is 1. The zero-order valence-corrected chi connectivity index (χ0v) is 27.8. The normalized spacial score (nSPS) is 12.7. The minimum absolute atomic E-state index is 0.0322. The molecule has 1 N–H and O–H groups in total. The molecule has 0 aromatic heterocycles. The van der Waals surface area contributed by atoms with Crippen molar-refractivity contribution in [3.05, 3.63) is 86.9 Å². The van der Waals surface area contributed by atoms with Crippen LogP contribution in [0.15, 0.2) is 65.6 Å². The summed E-state index contributed by atoms with van der Waals surface area (Å²) in [6.45, 7) is 6.62. The fraction of sp³-hybridized carbons (Fsp3) is 0.355. The van der Waals surface area contributed by atoms with E-state index in [-0.39, 0.29) is 46.3 Å². The molecule has 0 bridgehead atoms. The molecule has 0 unspecified atom stereocenters. The Hall–Kier alpha value is -2.98. The van der Waals surface area contributed by atoms with Gasteiger partial charge in [-0.05, 0) is 69.2 Å². The fourth-order valence-corrected chi connectivity index (χ4v) is 6.52. The maximum absolute atomic E-state index is 14.3. The Morgan fingerprint density at radius 3 is 2.14 bits per heavy atom. The Kier molecular flexibility index (Phi) is 12.2. The predicted molar refractivity (Wildman–Crippen MR) is 173 cm³/mol. The first-order chi connectivity index (χ1) is 20.3. The first-order valence-electron chi connectivity index (χ1n) is 13.8. The molecule has 2 amide bonds. The van der Waals surface area contributed by atoms with Crippen molar-refractivity contribution in [3.8, 4) is 5.75 Å². The molecule has 0 heterocycles. The Balaban J connectivity index is 2.17. The molecule has 232 valence electrons.